The van der Waals surface area contributed by atoms with Crippen molar-refractivity contribution in [2.24, 2.45) is 0 Å². The quantitative estimate of drug-likeness (QED) is 0.223. The Balaban J connectivity index is 1.60. The van der Waals surface area contributed by atoms with Gasteiger partial charge in [-0.05, 0) is 0 Å². The molecule has 1 N–H and O–H groups in total. The molecule has 2 aliphatic heterocycles. The van der Waals surface area contributed by atoms with Gasteiger partial charge in [-0.15, -0.1) is 0 Å². The first kappa shape index (κ1) is 21.3. The van der Waals surface area contributed by atoms with Gasteiger partial charge in [-0.25, -0.2) is 0 Å². The first-order valence-electron chi connectivity index (χ1n) is 10.2. The van der Waals surface area contributed by atoms with Gasteiger partial charge in [0.1, 0.15) is 0 Å². The Morgan fingerprint density at radius 1 is 0.938 bits per heavy atom. The molecular weight excluding hydrogens is 550 g/mol. The standard InChI is InChI=1S/C24H21N3O2SSiTe/c1-26-23(29)16(22(28)25-24(26)30)14-15-12-13-21(32-15)27-17-8-4-6-10-19(17)31(2,3)20-11-7-5-9-18(20)27/h4-14H,1-3H3,(H,25,28,30)/b16-14+. The van der Waals surface area contributed by atoms with E-state index in [2.05, 4.69) is 77.9 Å². The van der Waals surface area contributed by atoms with Crippen LogP contribution in [0.1, 0.15) is 3.58 Å². The molecule has 2 amide bonds. The summed E-state index contributed by atoms with van der Waals surface area (Å²) in [4.78, 5) is 28.7. The average Bonchev–Trinajstić information content (AvgIpc) is 3.24. The van der Waals surface area contributed by atoms with Gasteiger partial charge in [-0.3, -0.25) is 0 Å². The van der Waals surface area contributed by atoms with Crippen LogP contribution in [0.2, 0.25) is 13.1 Å². The van der Waals surface area contributed by atoms with Gasteiger partial charge in [0.15, 0.2) is 0 Å². The van der Waals surface area contributed by atoms with Gasteiger partial charge >= 0.3 is 204 Å². The molecule has 5 rings (SSSR count). The first-order chi connectivity index (χ1) is 15.3. The summed E-state index contributed by atoms with van der Waals surface area (Å²) in [6, 6.07) is 21.6. The summed E-state index contributed by atoms with van der Waals surface area (Å²) < 4.78 is 2.29. The van der Waals surface area contributed by atoms with E-state index < -0.39 is 34.4 Å². The van der Waals surface area contributed by atoms with E-state index in [-0.39, 0.29) is 16.6 Å². The van der Waals surface area contributed by atoms with Crippen LogP contribution in [0.4, 0.5) is 15.1 Å². The molecule has 2 aliphatic rings. The molecule has 1 saturated heterocycles. The number of nitrogens with zero attached hydrogens (tertiary/aromatic N) is 2. The molecule has 1 fully saturated rings. The van der Waals surface area contributed by atoms with E-state index in [1.54, 1.807) is 13.1 Å². The molecule has 5 nitrogen and oxygen atoms in total. The number of likely N-dealkylation sites (N-methyl/N-ethyl adjacent to an activating group) is 1. The Morgan fingerprint density at radius 2 is 1.53 bits per heavy atom. The van der Waals surface area contributed by atoms with Crippen LogP contribution in [-0.2, 0) is 9.59 Å². The number of thiocarbonyl (C=S) groups is 1. The Hall–Kier alpha value is -2.50. The number of hydrogen-bond donors (Lipinski definition) is 1. The summed E-state index contributed by atoms with van der Waals surface area (Å²) >= 11 is 4.23. The van der Waals surface area contributed by atoms with E-state index >= 15 is 0 Å². The van der Waals surface area contributed by atoms with Gasteiger partial charge in [0, 0.05) is 0 Å². The Bertz CT molecular complexity index is 1280. The molecule has 0 radical (unpaired) electrons. The molecule has 0 bridgehead atoms. The van der Waals surface area contributed by atoms with E-state index in [0.717, 1.165) is 3.58 Å². The molecule has 3 heterocycles. The van der Waals surface area contributed by atoms with Crippen molar-refractivity contribution < 1.29 is 9.59 Å². The van der Waals surface area contributed by atoms with Crippen molar-refractivity contribution in [3.05, 3.63) is 69.8 Å². The topological polar surface area (TPSA) is 52.7 Å². The molecule has 8 heteroatoms. The Morgan fingerprint density at radius 3 is 2.16 bits per heavy atom. The minimum absolute atomic E-state index is 0.139. The molecule has 0 aliphatic carbocycles. The number of para-hydroxylation sites is 2. The number of amides is 2. The summed E-state index contributed by atoms with van der Waals surface area (Å²) in [6.45, 7) is 4.81. The number of benzene rings is 2. The summed E-state index contributed by atoms with van der Waals surface area (Å²) in [5.41, 5.74) is 2.64. The molecule has 160 valence electrons. The zero-order valence-electron chi connectivity index (χ0n) is 17.9. The summed E-state index contributed by atoms with van der Waals surface area (Å²) in [5.74, 6) is -0.789. The van der Waals surface area contributed by atoms with E-state index in [1.807, 2.05) is 6.07 Å². The SMILES string of the molecule is CN1C(=O)/C(=C/c2ccc(N3c4ccccc4[Si](C)(C)c4ccccc43)[te]2)C(=O)NC1=S. The molecule has 0 unspecified atom stereocenters. The number of nitrogens with one attached hydrogen (secondary N) is 1. The summed E-state index contributed by atoms with van der Waals surface area (Å²) in [5, 5.41) is 5.58. The fourth-order valence-electron chi connectivity index (χ4n) is 4.33. The van der Waals surface area contributed by atoms with Gasteiger partial charge in [0.05, 0.1) is 0 Å². The minimum atomic E-state index is -1.81. The second-order valence-corrected chi connectivity index (χ2v) is 16.2. The van der Waals surface area contributed by atoms with E-state index in [4.69, 9.17) is 12.2 Å². The number of hydrogen-bond acceptors (Lipinski definition) is 4. The summed E-state index contributed by atoms with van der Waals surface area (Å²) in [7, 11) is -0.230. The van der Waals surface area contributed by atoms with Crippen LogP contribution in [0.3, 0.4) is 0 Å². The number of carbonyl (C=O) groups is 2. The van der Waals surface area contributed by atoms with Crippen LogP contribution >= 0.6 is 12.2 Å². The first-order valence-corrected chi connectivity index (χ1v) is 16.0. The molecular formula is C24H21N3O2SSiTe. The maximum absolute atomic E-state index is 12.6. The number of anilines is 3. The second kappa shape index (κ2) is 7.82. The third kappa shape index (κ3) is 3.30. The molecule has 0 spiro atoms. The third-order valence-electron chi connectivity index (χ3n) is 6.06. The van der Waals surface area contributed by atoms with Gasteiger partial charge in [0.25, 0.3) is 0 Å². The van der Waals surface area contributed by atoms with Crippen LogP contribution < -0.4 is 20.6 Å². The predicted octanol–water partition coefficient (Wildman–Crippen LogP) is 2.61. The van der Waals surface area contributed by atoms with Crippen LogP contribution in [-0.4, -0.2) is 57.4 Å². The van der Waals surface area contributed by atoms with Gasteiger partial charge < -0.3 is 0 Å². The van der Waals surface area contributed by atoms with E-state index in [9.17, 15) is 9.59 Å². The molecule has 32 heavy (non-hydrogen) atoms. The van der Waals surface area contributed by atoms with Crippen LogP contribution in [0.25, 0.3) is 6.08 Å². The number of rotatable bonds is 2. The van der Waals surface area contributed by atoms with Gasteiger partial charge in [-0.2, -0.15) is 0 Å². The normalized spacial score (nSPS) is 18.5. The van der Waals surface area contributed by atoms with Crippen molar-refractivity contribution in [2.75, 3.05) is 11.9 Å². The maximum atomic E-state index is 12.6. The summed E-state index contributed by atoms with van der Waals surface area (Å²) in [6.07, 6.45) is 1.74. The van der Waals surface area contributed by atoms with Crippen molar-refractivity contribution >= 4 is 89.2 Å². The number of carbonyl (C=O) groups excluding carboxylic acids is 2. The average molecular weight is 571 g/mol. The van der Waals surface area contributed by atoms with Gasteiger partial charge in [0.2, 0.25) is 0 Å². The zero-order chi connectivity index (χ0) is 22.6. The molecule has 2 aromatic carbocycles. The van der Waals surface area contributed by atoms with Crippen molar-refractivity contribution in [1.29, 1.82) is 0 Å². The fraction of sp³-hybridized carbons (Fsp3) is 0.125. The van der Waals surface area contributed by atoms with Crippen molar-refractivity contribution in [2.45, 2.75) is 13.1 Å². The fourth-order valence-corrected chi connectivity index (χ4v) is 10.3. The van der Waals surface area contributed by atoms with Gasteiger partial charge in [-0.1, -0.05) is 0 Å². The van der Waals surface area contributed by atoms with E-state index in [1.165, 1.54) is 30.4 Å². The zero-order valence-corrected chi connectivity index (χ0v) is 22.0. The van der Waals surface area contributed by atoms with Crippen molar-refractivity contribution in [3.8, 4) is 0 Å². The number of fused-ring (bicyclic) bond motifs is 2. The van der Waals surface area contributed by atoms with Crippen LogP contribution in [0.5, 0.6) is 0 Å². The monoisotopic (exact) mass is 573 g/mol. The van der Waals surface area contributed by atoms with Crippen molar-refractivity contribution in [1.82, 2.24) is 10.2 Å². The molecule has 0 saturated carbocycles. The van der Waals surface area contributed by atoms with E-state index in [0.29, 0.717) is 0 Å². The Kier molecular flexibility index (Phi) is 5.22. The molecule has 0 atom stereocenters. The van der Waals surface area contributed by atoms with Crippen LogP contribution in [0.15, 0.2) is 66.2 Å². The third-order valence-corrected chi connectivity index (χ3v) is 12.9. The molecule has 3 aromatic rings. The predicted molar refractivity (Wildman–Crippen MR) is 136 cm³/mol. The Labute approximate surface area is 203 Å². The van der Waals surface area contributed by atoms with Crippen LogP contribution in [0, 0.1) is 0 Å². The second-order valence-electron chi connectivity index (χ2n) is 8.35. The van der Waals surface area contributed by atoms with Crippen molar-refractivity contribution in [3.63, 3.8) is 0 Å². The molecule has 1 aromatic heterocycles.